The average Bonchev–Trinajstić information content (AvgIpc) is 1.90. The smallest absolute Gasteiger partial charge is 0.0306 e. The van der Waals surface area contributed by atoms with Crippen molar-refractivity contribution in [2.24, 2.45) is 0 Å². The lowest BCUT2D eigenvalue weighted by molar-refractivity contribution is 1.03. The van der Waals surface area contributed by atoms with Gasteiger partial charge in [-0.3, -0.25) is 0 Å². The van der Waals surface area contributed by atoms with Gasteiger partial charge in [0.05, 0.1) is 0 Å². The van der Waals surface area contributed by atoms with Gasteiger partial charge in [0, 0.05) is 0 Å². The first kappa shape index (κ1) is 5.36. The largest absolute Gasteiger partial charge is 0.0985 e. The molecule has 0 aromatic rings. The summed E-state index contributed by atoms with van der Waals surface area (Å²) in [5.74, 6) is 0. The summed E-state index contributed by atoms with van der Waals surface area (Å²) in [5.41, 5.74) is 1.26. The van der Waals surface area contributed by atoms with E-state index in [4.69, 9.17) is 0 Å². The van der Waals surface area contributed by atoms with Crippen LogP contribution < -0.4 is 0 Å². The van der Waals surface area contributed by atoms with Crippen LogP contribution in [0.4, 0.5) is 0 Å². The van der Waals surface area contributed by atoms with Crippen molar-refractivity contribution in [3.63, 3.8) is 0 Å². The van der Waals surface area contributed by atoms with Crippen LogP contribution >= 0.6 is 0 Å². The molecule has 1 aliphatic rings. The van der Waals surface area contributed by atoms with Crippen molar-refractivity contribution >= 4 is 0 Å². The molecular formula is C8H10. The molecule has 0 nitrogen and oxygen atoms in total. The monoisotopic (exact) mass is 106 g/mol. The zero-order chi connectivity index (χ0) is 5.82. The Balaban J connectivity index is 2.64. The maximum Gasteiger partial charge on any atom is -0.0306 e. The molecule has 42 valence electrons. The molecule has 0 saturated carbocycles. The Hall–Kier alpha value is -0.780. The Kier molecular flexibility index (Phi) is 1.68. The second-order valence-corrected chi connectivity index (χ2v) is 1.89. The molecule has 0 aliphatic heterocycles. The highest BCUT2D eigenvalue weighted by Gasteiger charge is 1.88. The third-order valence-corrected chi connectivity index (χ3v) is 1.26. The summed E-state index contributed by atoms with van der Waals surface area (Å²) in [5, 5.41) is 0. The van der Waals surface area contributed by atoms with Crippen LogP contribution in [-0.4, -0.2) is 0 Å². The first-order valence-corrected chi connectivity index (χ1v) is 2.92. The minimum atomic E-state index is 1.18. The van der Waals surface area contributed by atoms with Gasteiger partial charge in [0.2, 0.25) is 0 Å². The molecule has 0 aromatic heterocycles. The third kappa shape index (κ3) is 1.09. The Morgan fingerprint density at radius 3 is 2.75 bits per heavy atom. The predicted molar refractivity (Wildman–Crippen MR) is 36.7 cm³/mol. The van der Waals surface area contributed by atoms with E-state index >= 15 is 0 Å². The van der Waals surface area contributed by atoms with E-state index in [-0.39, 0.29) is 0 Å². The zero-order valence-corrected chi connectivity index (χ0v) is 4.93. The third-order valence-electron chi connectivity index (χ3n) is 1.26. The maximum absolute atomic E-state index is 3.66. The van der Waals surface area contributed by atoms with Crippen molar-refractivity contribution in [2.75, 3.05) is 0 Å². The number of hydrogen-bond donors (Lipinski definition) is 0. The van der Waals surface area contributed by atoms with E-state index < -0.39 is 0 Å². The lowest BCUT2D eigenvalue weighted by Crippen LogP contribution is -1.77. The van der Waals surface area contributed by atoms with E-state index in [0.29, 0.717) is 0 Å². The first-order valence-electron chi connectivity index (χ1n) is 2.92. The van der Waals surface area contributed by atoms with Gasteiger partial charge in [0.1, 0.15) is 0 Å². The fraction of sp³-hybridized carbons (Fsp3) is 0.250. The molecular weight excluding hydrogens is 96.1 g/mol. The van der Waals surface area contributed by atoms with Gasteiger partial charge in [0.25, 0.3) is 0 Å². The molecule has 0 amide bonds. The summed E-state index contributed by atoms with van der Waals surface area (Å²) in [7, 11) is 0. The lowest BCUT2D eigenvalue weighted by atomic mass is 10.1. The van der Waals surface area contributed by atoms with Gasteiger partial charge in [-0.2, -0.15) is 0 Å². The van der Waals surface area contributed by atoms with Crippen LogP contribution in [0.25, 0.3) is 0 Å². The molecule has 0 saturated heterocycles. The number of allylic oxidation sites excluding steroid dienone is 5. The van der Waals surface area contributed by atoms with Crippen molar-refractivity contribution in [2.45, 2.75) is 12.8 Å². The van der Waals surface area contributed by atoms with Crippen molar-refractivity contribution in [1.82, 2.24) is 0 Å². The molecule has 1 rings (SSSR count). The average molecular weight is 106 g/mol. The molecule has 0 aromatic carbocycles. The van der Waals surface area contributed by atoms with Crippen molar-refractivity contribution in [3.05, 3.63) is 36.5 Å². The molecule has 0 N–H and O–H groups in total. The van der Waals surface area contributed by atoms with Gasteiger partial charge in [-0.05, 0) is 18.4 Å². The molecule has 0 unspecified atom stereocenters. The van der Waals surface area contributed by atoms with Gasteiger partial charge < -0.3 is 0 Å². The maximum atomic E-state index is 3.66. The van der Waals surface area contributed by atoms with E-state index in [1.807, 2.05) is 6.08 Å². The van der Waals surface area contributed by atoms with Crippen LogP contribution in [0.1, 0.15) is 12.8 Å². The van der Waals surface area contributed by atoms with Crippen LogP contribution in [0.3, 0.4) is 0 Å². The highest BCUT2D eigenvalue weighted by atomic mass is 13.9. The fourth-order valence-corrected chi connectivity index (χ4v) is 0.785. The van der Waals surface area contributed by atoms with Crippen molar-refractivity contribution in [1.29, 1.82) is 0 Å². The van der Waals surface area contributed by atoms with Crippen LogP contribution in [0, 0.1) is 0 Å². The molecule has 0 radical (unpaired) electrons. The van der Waals surface area contributed by atoms with Gasteiger partial charge in [-0.1, -0.05) is 30.9 Å². The summed E-state index contributed by atoms with van der Waals surface area (Å²) < 4.78 is 0. The van der Waals surface area contributed by atoms with Crippen LogP contribution in [-0.2, 0) is 0 Å². The highest BCUT2D eigenvalue weighted by Crippen LogP contribution is 2.08. The zero-order valence-electron chi connectivity index (χ0n) is 4.93. The minimum absolute atomic E-state index is 1.18. The quantitative estimate of drug-likeness (QED) is 0.481. The highest BCUT2D eigenvalue weighted by molar-refractivity contribution is 5.31. The normalized spacial score (nSPS) is 17.8. The Morgan fingerprint density at radius 2 is 2.38 bits per heavy atom. The molecule has 1 aliphatic carbocycles. The minimum Gasteiger partial charge on any atom is -0.0985 e. The Bertz CT molecular complexity index is 138. The van der Waals surface area contributed by atoms with Crippen LogP contribution in [0.15, 0.2) is 36.5 Å². The first-order chi connectivity index (χ1) is 3.93. The molecule has 0 fully saturated rings. The van der Waals surface area contributed by atoms with Crippen molar-refractivity contribution in [3.8, 4) is 0 Å². The summed E-state index contributed by atoms with van der Waals surface area (Å²) in [6, 6.07) is 0. The second kappa shape index (κ2) is 2.51. The molecule has 8 heavy (non-hydrogen) atoms. The lowest BCUT2D eigenvalue weighted by Gasteiger charge is -1.98. The molecule has 0 heterocycles. The van der Waals surface area contributed by atoms with Crippen molar-refractivity contribution < 1.29 is 0 Å². The van der Waals surface area contributed by atoms with E-state index in [1.165, 1.54) is 18.4 Å². The second-order valence-electron chi connectivity index (χ2n) is 1.89. The molecule has 0 spiro atoms. The van der Waals surface area contributed by atoms with E-state index in [1.54, 1.807) is 0 Å². The summed E-state index contributed by atoms with van der Waals surface area (Å²) in [6.45, 7) is 3.66. The van der Waals surface area contributed by atoms with Gasteiger partial charge in [-0.15, -0.1) is 0 Å². The Morgan fingerprint density at radius 1 is 1.50 bits per heavy atom. The summed E-state index contributed by atoms with van der Waals surface area (Å²) in [4.78, 5) is 0. The predicted octanol–water partition coefficient (Wildman–Crippen LogP) is 2.45. The topological polar surface area (TPSA) is 0 Å². The van der Waals surface area contributed by atoms with E-state index in [2.05, 4.69) is 24.8 Å². The van der Waals surface area contributed by atoms with Gasteiger partial charge in [0.15, 0.2) is 0 Å². The SMILES string of the molecule is C=CC1=CCCC=C1. The van der Waals surface area contributed by atoms with E-state index in [9.17, 15) is 0 Å². The van der Waals surface area contributed by atoms with Crippen LogP contribution in [0.2, 0.25) is 0 Å². The number of hydrogen-bond acceptors (Lipinski definition) is 0. The molecule has 0 atom stereocenters. The molecule has 0 bridgehead atoms. The molecule has 0 heteroatoms. The van der Waals surface area contributed by atoms with Crippen LogP contribution in [0.5, 0.6) is 0 Å². The fourth-order valence-electron chi connectivity index (χ4n) is 0.785. The van der Waals surface area contributed by atoms with Gasteiger partial charge in [-0.25, -0.2) is 0 Å². The number of rotatable bonds is 1. The van der Waals surface area contributed by atoms with E-state index in [0.717, 1.165) is 0 Å². The van der Waals surface area contributed by atoms with Gasteiger partial charge >= 0.3 is 0 Å². The standard InChI is InChI=1S/C8H10/c1-2-8-6-4-3-5-7-8/h2,4,6-7H,1,3,5H2. The Labute approximate surface area is 50.2 Å². The summed E-state index contributed by atoms with van der Waals surface area (Å²) in [6.07, 6.45) is 10.7. The summed E-state index contributed by atoms with van der Waals surface area (Å²) >= 11 is 0.